The van der Waals surface area contributed by atoms with Crippen molar-refractivity contribution in [2.24, 2.45) is 0 Å². The first kappa shape index (κ1) is 23.2. The largest absolute Gasteiger partial charge is 0.348 e. The van der Waals surface area contributed by atoms with Crippen LogP contribution >= 0.6 is 11.8 Å². The minimum absolute atomic E-state index is 0.0493. The first-order valence-corrected chi connectivity index (χ1v) is 11.8. The van der Waals surface area contributed by atoms with Gasteiger partial charge in [-0.2, -0.15) is 4.98 Å². The number of nitrogens with zero attached hydrogens (tertiary/aromatic N) is 3. The number of likely N-dealkylation sites (N-methyl/N-ethyl adjacent to an activating group) is 1. The van der Waals surface area contributed by atoms with Crippen LogP contribution in [0, 0.1) is 0 Å². The maximum Gasteiger partial charge on any atom is 0.348 e. The number of ketones is 1. The van der Waals surface area contributed by atoms with Crippen molar-refractivity contribution in [3.05, 3.63) is 51.6 Å². The summed E-state index contributed by atoms with van der Waals surface area (Å²) in [7, 11) is 0. The van der Waals surface area contributed by atoms with Crippen LogP contribution in [-0.2, 0) is 24.2 Å². The predicted molar refractivity (Wildman–Crippen MR) is 124 cm³/mol. The van der Waals surface area contributed by atoms with E-state index in [2.05, 4.69) is 29.0 Å². The van der Waals surface area contributed by atoms with Crippen LogP contribution in [0.3, 0.4) is 0 Å². The summed E-state index contributed by atoms with van der Waals surface area (Å²) < 4.78 is 1.82. The number of anilines is 1. The lowest BCUT2D eigenvalue weighted by atomic mass is 10.1. The maximum absolute atomic E-state index is 12.7. The molecule has 0 radical (unpaired) electrons. The van der Waals surface area contributed by atoms with Crippen LogP contribution in [0.1, 0.15) is 48.8 Å². The Bertz CT molecular complexity index is 1010. The molecule has 1 amide bonds. The van der Waals surface area contributed by atoms with Gasteiger partial charge in [0.25, 0.3) is 0 Å². The number of fused-ring (bicyclic) bond motifs is 1. The number of aromatic nitrogens is 2. The quantitative estimate of drug-likeness (QED) is 0.346. The Balaban J connectivity index is 1.68. The normalized spacial score (nSPS) is 12.8. The fourth-order valence-electron chi connectivity index (χ4n) is 3.86. The van der Waals surface area contributed by atoms with E-state index in [9.17, 15) is 14.4 Å². The molecule has 8 heteroatoms. The summed E-state index contributed by atoms with van der Waals surface area (Å²) in [5.41, 5.74) is 3.09. The Morgan fingerprint density at radius 3 is 2.71 bits per heavy atom. The molecule has 2 aromatic rings. The fourth-order valence-corrected chi connectivity index (χ4v) is 4.74. The predicted octanol–water partition coefficient (Wildman–Crippen LogP) is 3.01. The molecule has 0 fully saturated rings. The number of amides is 1. The summed E-state index contributed by atoms with van der Waals surface area (Å²) in [6, 6.07) is 6.88. The fraction of sp³-hybridized carbons (Fsp3) is 0.478. The smallest absolute Gasteiger partial charge is 0.325 e. The first-order valence-electron chi connectivity index (χ1n) is 10.8. The number of hydrogen-bond donors (Lipinski definition) is 1. The third kappa shape index (κ3) is 5.83. The average Bonchev–Trinajstić information content (AvgIpc) is 3.24. The zero-order valence-corrected chi connectivity index (χ0v) is 19.3. The summed E-state index contributed by atoms with van der Waals surface area (Å²) in [6.07, 6.45) is 2.77. The van der Waals surface area contributed by atoms with E-state index in [1.165, 1.54) is 18.7 Å². The lowest BCUT2D eigenvalue weighted by Crippen LogP contribution is -2.34. The average molecular weight is 443 g/mol. The molecule has 1 heterocycles. The second-order valence-corrected chi connectivity index (χ2v) is 8.59. The van der Waals surface area contributed by atoms with Crippen LogP contribution in [0.2, 0.25) is 0 Å². The van der Waals surface area contributed by atoms with Gasteiger partial charge >= 0.3 is 5.69 Å². The number of carbonyl (C=O) groups is 2. The van der Waals surface area contributed by atoms with Crippen LogP contribution in [0.15, 0.2) is 34.1 Å². The first-order chi connectivity index (χ1) is 14.9. The number of benzene rings is 1. The molecule has 0 bridgehead atoms. The highest BCUT2D eigenvalue weighted by molar-refractivity contribution is 8.00. The van der Waals surface area contributed by atoms with Crippen LogP contribution < -0.4 is 11.0 Å². The van der Waals surface area contributed by atoms with Crippen LogP contribution in [0.25, 0.3) is 0 Å². The van der Waals surface area contributed by atoms with Crippen molar-refractivity contribution in [1.29, 1.82) is 0 Å². The molecule has 0 atom stereocenters. The molecule has 7 nitrogen and oxygen atoms in total. The van der Waals surface area contributed by atoms with E-state index in [1.54, 1.807) is 24.3 Å². The number of rotatable bonds is 10. The summed E-state index contributed by atoms with van der Waals surface area (Å²) >= 11 is 1.31. The van der Waals surface area contributed by atoms with Gasteiger partial charge in [-0.25, -0.2) is 4.79 Å². The number of Topliss-reactive ketones (excluding diaryl/α,β-unsaturated/α-hetero) is 1. The molecular weight excluding hydrogens is 412 g/mol. The van der Waals surface area contributed by atoms with Gasteiger partial charge in [-0.15, -0.1) is 0 Å². The lowest BCUT2D eigenvalue weighted by molar-refractivity contribution is -0.113. The second kappa shape index (κ2) is 10.7. The molecule has 0 saturated heterocycles. The lowest BCUT2D eigenvalue weighted by Gasteiger charge is -2.20. The van der Waals surface area contributed by atoms with E-state index < -0.39 is 0 Å². The Kier molecular flexibility index (Phi) is 8.03. The molecule has 0 spiro atoms. The molecule has 0 unspecified atom stereocenters. The van der Waals surface area contributed by atoms with E-state index >= 15 is 0 Å². The SMILES string of the molecule is CCN(CC)CCn1c2c(c(SCC(=O)Nc3cccc(C(C)=O)c3)nc1=O)CCC2. The van der Waals surface area contributed by atoms with Crippen molar-refractivity contribution in [3.63, 3.8) is 0 Å². The van der Waals surface area contributed by atoms with E-state index in [4.69, 9.17) is 0 Å². The number of nitrogens with one attached hydrogen (secondary N) is 1. The molecular formula is C23H30N4O3S. The van der Waals surface area contributed by atoms with Gasteiger partial charge in [-0.1, -0.05) is 37.7 Å². The summed E-state index contributed by atoms with van der Waals surface area (Å²) in [4.78, 5) is 43.3. The van der Waals surface area contributed by atoms with E-state index in [-0.39, 0.29) is 23.1 Å². The van der Waals surface area contributed by atoms with E-state index in [0.29, 0.717) is 22.8 Å². The van der Waals surface area contributed by atoms with Gasteiger partial charge < -0.3 is 10.2 Å². The molecule has 1 aromatic carbocycles. The molecule has 1 aromatic heterocycles. The molecule has 0 saturated carbocycles. The van der Waals surface area contributed by atoms with Gasteiger partial charge in [0.15, 0.2) is 5.78 Å². The maximum atomic E-state index is 12.7. The monoisotopic (exact) mass is 442 g/mol. The van der Waals surface area contributed by atoms with Crippen molar-refractivity contribution in [3.8, 4) is 0 Å². The van der Waals surface area contributed by atoms with E-state index in [0.717, 1.165) is 50.2 Å². The third-order valence-corrected chi connectivity index (χ3v) is 6.65. The number of thioether (sulfide) groups is 1. The van der Waals surface area contributed by atoms with Gasteiger partial charge in [-0.3, -0.25) is 14.2 Å². The molecule has 3 rings (SSSR count). The topological polar surface area (TPSA) is 84.3 Å². The Labute approximate surface area is 187 Å². The second-order valence-electron chi connectivity index (χ2n) is 7.63. The summed E-state index contributed by atoms with van der Waals surface area (Å²) in [6.45, 7) is 9.13. The summed E-state index contributed by atoms with van der Waals surface area (Å²) in [5.74, 6) is -0.0797. The van der Waals surface area contributed by atoms with Crippen molar-refractivity contribution < 1.29 is 9.59 Å². The Morgan fingerprint density at radius 2 is 2.00 bits per heavy atom. The molecule has 1 N–H and O–H groups in total. The minimum Gasteiger partial charge on any atom is -0.325 e. The molecule has 166 valence electrons. The van der Waals surface area contributed by atoms with Crippen molar-refractivity contribution in [2.45, 2.75) is 51.6 Å². The highest BCUT2D eigenvalue weighted by Crippen LogP contribution is 2.29. The van der Waals surface area contributed by atoms with Gasteiger partial charge in [0.1, 0.15) is 5.03 Å². The number of carbonyl (C=O) groups excluding carboxylic acids is 2. The van der Waals surface area contributed by atoms with Gasteiger partial charge in [0.2, 0.25) is 5.91 Å². The van der Waals surface area contributed by atoms with Crippen molar-refractivity contribution >= 4 is 29.1 Å². The van der Waals surface area contributed by atoms with Crippen molar-refractivity contribution in [1.82, 2.24) is 14.5 Å². The molecule has 31 heavy (non-hydrogen) atoms. The molecule has 1 aliphatic rings. The van der Waals surface area contributed by atoms with Crippen LogP contribution in [0.4, 0.5) is 5.69 Å². The van der Waals surface area contributed by atoms with Crippen LogP contribution in [-0.4, -0.2) is 51.5 Å². The van der Waals surface area contributed by atoms with Gasteiger partial charge in [0, 0.05) is 35.6 Å². The highest BCUT2D eigenvalue weighted by Gasteiger charge is 2.22. The number of hydrogen-bond acceptors (Lipinski definition) is 6. The van der Waals surface area contributed by atoms with Gasteiger partial charge in [-0.05, 0) is 51.4 Å². The molecule has 1 aliphatic carbocycles. The Morgan fingerprint density at radius 1 is 1.23 bits per heavy atom. The standard InChI is InChI=1S/C23H30N4O3S/c1-4-26(5-2)12-13-27-20-11-7-10-19(20)22(25-23(27)30)31-15-21(29)24-18-9-6-8-17(14-18)16(3)28/h6,8-9,14H,4-5,7,10-13,15H2,1-3H3,(H,24,29). The summed E-state index contributed by atoms with van der Waals surface area (Å²) in [5, 5.41) is 3.49. The third-order valence-electron chi connectivity index (χ3n) is 5.63. The molecule has 0 aliphatic heterocycles. The zero-order valence-electron chi connectivity index (χ0n) is 18.4. The van der Waals surface area contributed by atoms with Crippen molar-refractivity contribution in [2.75, 3.05) is 30.7 Å². The van der Waals surface area contributed by atoms with E-state index in [1.807, 2.05) is 4.57 Å². The highest BCUT2D eigenvalue weighted by atomic mass is 32.2. The van der Waals surface area contributed by atoms with Crippen LogP contribution in [0.5, 0.6) is 0 Å². The minimum atomic E-state index is -0.232. The van der Waals surface area contributed by atoms with Gasteiger partial charge in [0.05, 0.1) is 5.75 Å². The zero-order chi connectivity index (χ0) is 22.4. The Hall–Kier alpha value is -2.45.